The Balaban J connectivity index is 1.75. The first-order valence-corrected chi connectivity index (χ1v) is 8.16. The Kier molecular flexibility index (Phi) is 7.00. The van der Waals surface area contributed by atoms with Gasteiger partial charge in [-0.3, -0.25) is 4.90 Å². The minimum atomic E-state index is -0.496. The maximum absolute atomic E-state index is 12.3. The smallest absolute Gasteiger partial charge is 0.321 e. The molecule has 7 heteroatoms. The van der Waals surface area contributed by atoms with Gasteiger partial charge in [-0.25, -0.2) is 4.79 Å². The number of hydrogen-bond donors (Lipinski definition) is 2. The van der Waals surface area contributed by atoms with Gasteiger partial charge in [0.1, 0.15) is 0 Å². The van der Waals surface area contributed by atoms with Gasteiger partial charge in [0.2, 0.25) is 0 Å². The van der Waals surface area contributed by atoms with Gasteiger partial charge in [0, 0.05) is 45.0 Å². The average Bonchev–Trinajstić information content (AvgIpc) is 2.61. The van der Waals surface area contributed by atoms with E-state index in [0.717, 1.165) is 13.1 Å². The summed E-state index contributed by atoms with van der Waals surface area (Å²) < 4.78 is 5.21. The Hall–Kier alpha value is -2.14. The van der Waals surface area contributed by atoms with Gasteiger partial charge in [-0.1, -0.05) is 0 Å². The number of benzene rings is 1. The second kappa shape index (κ2) is 9.23. The van der Waals surface area contributed by atoms with Crippen molar-refractivity contribution in [2.75, 3.05) is 51.3 Å². The highest BCUT2D eigenvalue weighted by atomic mass is 16.5. The van der Waals surface area contributed by atoms with E-state index in [1.54, 1.807) is 29.2 Å². The fourth-order valence-electron chi connectivity index (χ4n) is 2.57. The van der Waals surface area contributed by atoms with Gasteiger partial charge in [0.25, 0.3) is 0 Å². The van der Waals surface area contributed by atoms with Crippen LogP contribution in [0.5, 0.6) is 0 Å². The molecule has 0 aliphatic carbocycles. The van der Waals surface area contributed by atoms with E-state index in [9.17, 15) is 9.90 Å². The number of hydrogen-bond acceptors (Lipinski definition) is 5. The van der Waals surface area contributed by atoms with E-state index in [0.29, 0.717) is 44.1 Å². The number of urea groups is 1. The molecule has 0 aromatic heterocycles. The van der Waals surface area contributed by atoms with Gasteiger partial charge >= 0.3 is 6.03 Å². The fraction of sp³-hybridized carbons (Fsp3) is 0.529. The number of carbonyl (C=O) groups is 1. The number of nitrogens with zero attached hydrogens (tertiary/aromatic N) is 3. The molecule has 2 rings (SSSR count). The van der Waals surface area contributed by atoms with Crippen LogP contribution in [0.1, 0.15) is 12.5 Å². The summed E-state index contributed by atoms with van der Waals surface area (Å²) in [7, 11) is 0. The fourth-order valence-corrected chi connectivity index (χ4v) is 2.57. The van der Waals surface area contributed by atoms with Gasteiger partial charge in [0.05, 0.1) is 24.3 Å². The van der Waals surface area contributed by atoms with Crippen molar-refractivity contribution < 1.29 is 14.6 Å². The number of aliphatic hydroxyl groups excluding tert-OH is 1. The number of piperazine rings is 1. The van der Waals surface area contributed by atoms with Crippen molar-refractivity contribution in [2.24, 2.45) is 0 Å². The number of aliphatic hydroxyl groups is 1. The molecule has 1 aromatic rings. The van der Waals surface area contributed by atoms with Crippen molar-refractivity contribution in [3.63, 3.8) is 0 Å². The number of nitrogens with one attached hydrogen (secondary N) is 1. The third kappa shape index (κ3) is 5.49. The second-order valence-electron chi connectivity index (χ2n) is 5.72. The van der Waals surface area contributed by atoms with Crippen LogP contribution in [-0.2, 0) is 4.74 Å². The second-order valence-corrected chi connectivity index (χ2v) is 5.72. The summed E-state index contributed by atoms with van der Waals surface area (Å²) in [6.45, 7) is 6.08. The standard InChI is InChI=1S/C17H24N4O3/c1-2-24-13-16(22)12-20-7-9-21(10-8-20)17(23)19-15-5-3-14(11-18)4-6-15/h3-6,16,22H,2,7-10,12-13H2,1H3,(H,19,23). The average molecular weight is 332 g/mol. The maximum atomic E-state index is 12.3. The zero-order valence-electron chi connectivity index (χ0n) is 13.9. The largest absolute Gasteiger partial charge is 0.389 e. The number of carbonyl (C=O) groups excluding carboxylic acids is 1. The van der Waals surface area contributed by atoms with Crippen LogP contribution in [0.2, 0.25) is 0 Å². The van der Waals surface area contributed by atoms with E-state index in [1.807, 2.05) is 13.0 Å². The summed E-state index contributed by atoms with van der Waals surface area (Å²) in [5, 5.41) is 21.5. The zero-order chi connectivity index (χ0) is 17.4. The molecule has 2 amide bonds. The van der Waals surface area contributed by atoms with E-state index in [2.05, 4.69) is 10.2 Å². The quantitative estimate of drug-likeness (QED) is 0.814. The zero-order valence-corrected chi connectivity index (χ0v) is 13.9. The predicted molar refractivity (Wildman–Crippen MR) is 90.7 cm³/mol. The van der Waals surface area contributed by atoms with Gasteiger partial charge in [-0.15, -0.1) is 0 Å². The number of β-amino-alcohol motifs (C(OH)–C–C–N with tert-alkyl or cyclic N) is 1. The summed E-state index contributed by atoms with van der Waals surface area (Å²) in [5.41, 5.74) is 1.24. The van der Waals surface area contributed by atoms with Gasteiger partial charge in [0.15, 0.2) is 0 Å². The molecule has 0 saturated carbocycles. The van der Waals surface area contributed by atoms with Crippen molar-refractivity contribution >= 4 is 11.7 Å². The third-order valence-electron chi connectivity index (χ3n) is 3.91. The van der Waals surface area contributed by atoms with E-state index >= 15 is 0 Å². The number of ether oxygens (including phenoxy) is 1. The molecule has 1 atom stereocenters. The molecule has 130 valence electrons. The summed E-state index contributed by atoms with van der Waals surface area (Å²) in [6.07, 6.45) is -0.496. The Bertz CT molecular complexity index is 562. The molecular formula is C17H24N4O3. The first kappa shape index (κ1) is 18.2. The van der Waals surface area contributed by atoms with Crippen LogP contribution in [0.25, 0.3) is 0 Å². The Labute approximate surface area is 142 Å². The molecular weight excluding hydrogens is 308 g/mol. The van der Waals surface area contributed by atoms with Crippen LogP contribution in [0.3, 0.4) is 0 Å². The molecule has 7 nitrogen and oxygen atoms in total. The van der Waals surface area contributed by atoms with E-state index in [1.165, 1.54) is 0 Å². The Morgan fingerprint density at radius 3 is 2.58 bits per heavy atom. The predicted octanol–water partition coefficient (Wildman–Crippen LogP) is 1.11. The number of rotatable bonds is 6. The lowest BCUT2D eigenvalue weighted by Crippen LogP contribution is -2.51. The molecule has 0 spiro atoms. The lowest BCUT2D eigenvalue weighted by molar-refractivity contribution is 0.0139. The molecule has 1 aliphatic heterocycles. The summed E-state index contributed by atoms with van der Waals surface area (Å²) in [4.78, 5) is 16.1. The van der Waals surface area contributed by atoms with E-state index < -0.39 is 6.10 Å². The highest BCUT2D eigenvalue weighted by Gasteiger charge is 2.22. The van der Waals surface area contributed by atoms with Crippen LogP contribution in [-0.4, -0.2) is 73.0 Å². The first-order valence-electron chi connectivity index (χ1n) is 8.16. The van der Waals surface area contributed by atoms with Crippen LogP contribution in [0.4, 0.5) is 10.5 Å². The topological polar surface area (TPSA) is 88.8 Å². The lowest BCUT2D eigenvalue weighted by Gasteiger charge is -2.35. The molecule has 24 heavy (non-hydrogen) atoms. The van der Waals surface area contributed by atoms with Crippen molar-refractivity contribution in [1.29, 1.82) is 5.26 Å². The normalized spacial score (nSPS) is 16.5. The van der Waals surface area contributed by atoms with E-state index in [-0.39, 0.29) is 6.03 Å². The number of anilines is 1. The molecule has 1 heterocycles. The van der Waals surface area contributed by atoms with Gasteiger partial charge in [-0.2, -0.15) is 5.26 Å². The SMILES string of the molecule is CCOCC(O)CN1CCN(C(=O)Nc2ccc(C#N)cc2)CC1. The van der Waals surface area contributed by atoms with Crippen molar-refractivity contribution in [1.82, 2.24) is 9.80 Å². The van der Waals surface area contributed by atoms with Crippen molar-refractivity contribution in [2.45, 2.75) is 13.0 Å². The molecule has 0 radical (unpaired) electrons. The van der Waals surface area contributed by atoms with Crippen LogP contribution >= 0.6 is 0 Å². The molecule has 1 saturated heterocycles. The molecule has 1 aliphatic rings. The highest BCUT2D eigenvalue weighted by molar-refractivity contribution is 5.89. The van der Waals surface area contributed by atoms with Gasteiger partial charge < -0.3 is 20.1 Å². The minimum absolute atomic E-state index is 0.144. The Morgan fingerprint density at radius 1 is 1.33 bits per heavy atom. The lowest BCUT2D eigenvalue weighted by atomic mass is 10.2. The summed E-state index contributed by atoms with van der Waals surface area (Å²) >= 11 is 0. The maximum Gasteiger partial charge on any atom is 0.321 e. The van der Waals surface area contributed by atoms with Gasteiger partial charge in [-0.05, 0) is 31.2 Å². The van der Waals surface area contributed by atoms with Crippen molar-refractivity contribution in [3.05, 3.63) is 29.8 Å². The van der Waals surface area contributed by atoms with Crippen LogP contribution in [0.15, 0.2) is 24.3 Å². The number of amides is 2. The van der Waals surface area contributed by atoms with Crippen LogP contribution < -0.4 is 5.32 Å². The van der Waals surface area contributed by atoms with Crippen molar-refractivity contribution in [3.8, 4) is 6.07 Å². The summed E-state index contributed by atoms with van der Waals surface area (Å²) in [5.74, 6) is 0. The molecule has 0 bridgehead atoms. The third-order valence-corrected chi connectivity index (χ3v) is 3.91. The molecule has 1 aromatic carbocycles. The number of nitriles is 1. The molecule has 1 fully saturated rings. The summed E-state index contributed by atoms with van der Waals surface area (Å²) in [6, 6.07) is 8.69. The molecule has 2 N–H and O–H groups in total. The highest BCUT2D eigenvalue weighted by Crippen LogP contribution is 2.11. The molecule has 1 unspecified atom stereocenters. The Morgan fingerprint density at radius 2 is 2.00 bits per heavy atom. The minimum Gasteiger partial charge on any atom is -0.389 e. The van der Waals surface area contributed by atoms with Crippen LogP contribution in [0, 0.1) is 11.3 Å². The van der Waals surface area contributed by atoms with E-state index in [4.69, 9.17) is 10.00 Å². The monoisotopic (exact) mass is 332 g/mol. The first-order chi connectivity index (χ1) is 11.6.